The van der Waals surface area contributed by atoms with Crippen molar-refractivity contribution in [2.24, 2.45) is 5.41 Å². The molecule has 3 nitrogen and oxygen atoms in total. The molecule has 0 amide bonds. The molecule has 1 saturated carbocycles. The van der Waals surface area contributed by atoms with Gasteiger partial charge >= 0.3 is 0 Å². The molecule has 21 heavy (non-hydrogen) atoms. The standard InChI is InChI=1S/C17H22BrN3/c1-17(2)9-4-3-8-13(17)15-14(16(19)21-20-15)11-6-5-7-12(18)10-11/h5-7,10,13H,3-4,8-9H2,1-2H3,(H3,19,20,21). The van der Waals surface area contributed by atoms with Crippen LogP contribution in [0.3, 0.4) is 0 Å². The number of nitrogens with zero attached hydrogens (tertiary/aromatic N) is 1. The highest BCUT2D eigenvalue weighted by molar-refractivity contribution is 9.10. The fraction of sp³-hybridized carbons (Fsp3) is 0.471. The zero-order valence-corrected chi connectivity index (χ0v) is 14.2. The predicted octanol–water partition coefficient (Wildman–Crippen LogP) is 5.11. The van der Waals surface area contributed by atoms with Crippen LogP contribution in [0.4, 0.5) is 5.82 Å². The minimum atomic E-state index is 0.290. The highest BCUT2D eigenvalue weighted by Crippen LogP contribution is 2.49. The largest absolute Gasteiger partial charge is 0.382 e. The molecule has 3 N–H and O–H groups in total. The van der Waals surface area contributed by atoms with Gasteiger partial charge in [0.25, 0.3) is 0 Å². The smallest absolute Gasteiger partial charge is 0.153 e. The van der Waals surface area contributed by atoms with Crippen molar-refractivity contribution >= 4 is 21.7 Å². The second-order valence-electron chi connectivity index (χ2n) is 6.69. The molecular weight excluding hydrogens is 326 g/mol. The Balaban J connectivity index is 2.09. The maximum Gasteiger partial charge on any atom is 0.153 e. The van der Waals surface area contributed by atoms with E-state index in [9.17, 15) is 0 Å². The van der Waals surface area contributed by atoms with Gasteiger partial charge in [-0.15, -0.1) is 0 Å². The molecule has 1 unspecified atom stereocenters. The number of nitrogens with one attached hydrogen (secondary N) is 1. The van der Waals surface area contributed by atoms with E-state index in [0.717, 1.165) is 15.6 Å². The van der Waals surface area contributed by atoms with Crippen LogP contribution in [-0.2, 0) is 0 Å². The number of benzene rings is 1. The first-order valence-corrected chi connectivity index (χ1v) is 8.38. The quantitative estimate of drug-likeness (QED) is 0.793. The van der Waals surface area contributed by atoms with Gasteiger partial charge in [0.15, 0.2) is 5.82 Å². The first-order valence-electron chi connectivity index (χ1n) is 7.59. The lowest BCUT2D eigenvalue weighted by atomic mass is 9.67. The molecule has 1 aliphatic rings. The van der Waals surface area contributed by atoms with Gasteiger partial charge in [-0.1, -0.05) is 54.8 Å². The van der Waals surface area contributed by atoms with Gasteiger partial charge in [0.1, 0.15) is 0 Å². The summed E-state index contributed by atoms with van der Waals surface area (Å²) in [5, 5.41) is 7.53. The minimum Gasteiger partial charge on any atom is -0.382 e. The highest BCUT2D eigenvalue weighted by atomic mass is 79.9. The Labute approximate surface area is 134 Å². The van der Waals surface area contributed by atoms with Crippen LogP contribution in [0, 0.1) is 5.41 Å². The Kier molecular flexibility index (Phi) is 3.82. The second kappa shape index (κ2) is 5.48. The average Bonchev–Trinajstić information content (AvgIpc) is 2.80. The van der Waals surface area contributed by atoms with Gasteiger partial charge in [-0.25, -0.2) is 0 Å². The van der Waals surface area contributed by atoms with E-state index in [1.54, 1.807) is 0 Å². The highest BCUT2D eigenvalue weighted by Gasteiger charge is 2.36. The predicted molar refractivity (Wildman–Crippen MR) is 91.1 cm³/mol. The van der Waals surface area contributed by atoms with Gasteiger partial charge in [0.05, 0.1) is 0 Å². The third-order valence-corrected chi connectivity index (χ3v) is 5.28. The van der Waals surface area contributed by atoms with Gasteiger partial charge in [-0.3, -0.25) is 5.10 Å². The fourth-order valence-electron chi connectivity index (χ4n) is 3.60. The first kappa shape index (κ1) is 14.6. The third-order valence-electron chi connectivity index (χ3n) is 4.79. The number of aromatic nitrogens is 2. The molecule has 1 heterocycles. The van der Waals surface area contributed by atoms with Crippen molar-refractivity contribution in [1.29, 1.82) is 0 Å². The number of aromatic amines is 1. The number of halogens is 1. The summed E-state index contributed by atoms with van der Waals surface area (Å²) in [6, 6.07) is 8.29. The van der Waals surface area contributed by atoms with Crippen LogP contribution in [0.2, 0.25) is 0 Å². The average molecular weight is 348 g/mol. The Hall–Kier alpha value is -1.29. The fourth-order valence-corrected chi connectivity index (χ4v) is 4.00. The molecule has 1 atom stereocenters. The van der Waals surface area contributed by atoms with E-state index in [1.165, 1.54) is 31.4 Å². The number of hydrogen-bond donors (Lipinski definition) is 2. The van der Waals surface area contributed by atoms with Crippen molar-refractivity contribution in [3.63, 3.8) is 0 Å². The molecule has 0 aliphatic heterocycles. The number of nitrogen functional groups attached to an aromatic ring is 1. The Bertz CT molecular complexity index is 645. The van der Waals surface area contributed by atoms with Crippen LogP contribution in [-0.4, -0.2) is 10.2 Å². The van der Waals surface area contributed by atoms with Crippen LogP contribution in [0.1, 0.15) is 51.1 Å². The molecule has 1 aliphatic carbocycles. The number of H-pyrrole nitrogens is 1. The summed E-state index contributed by atoms with van der Waals surface area (Å²) in [7, 11) is 0. The van der Waals surface area contributed by atoms with Crippen molar-refractivity contribution in [2.75, 3.05) is 5.73 Å². The van der Waals surface area contributed by atoms with Crippen LogP contribution < -0.4 is 5.73 Å². The van der Waals surface area contributed by atoms with E-state index >= 15 is 0 Å². The molecule has 1 aromatic carbocycles. The first-order chi connectivity index (χ1) is 9.99. The van der Waals surface area contributed by atoms with Crippen LogP contribution in [0.5, 0.6) is 0 Å². The maximum absolute atomic E-state index is 6.16. The van der Waals surface area contributed by atoms with Gasteiger partial charge in [-0.2, -0.15) is 5.10 Å². The summed E-state index contributed by atoms with van der Waals surface area (Å²) in [6.07, 6.45) is 5.06. The van der Waals surface area contributed by atoms with Crippen LogP contribution in [0.25, 0.3) is 11.1 Å². The van der Waals surface area contributed by atoms with Gasteiger partial charge in [0.2, 0.25) is 0 Å². The SMILES string of the molecule is CC1(C)CCCCC1c1[nH]nc(N)c1-c1cccc(Br)c1. The molecule has 1 aromatic heterocycles. The number of anilines is 1. The lowest BCUT2D eigenvalue weighted by Gasteiger charge is -2.38. The lowest BCUT2D eigenvalue weighted by Crippen LogP contribution is -2.26. The monoisotopic (exact) mass is 347 g/mol. The molecule has 0 spiro atoms. The Morgan fingerprint density at radius 2 is 2.14 bits per heavy atom. The van der Waals surface area contributed by atoms with Crippen LogP contribution >= 0.6 is 15.9 Å². The van der Waals surface area contributed by atoms with E-state index in [1.807, 2.05) is 12.1 Å². The summed E-state index contributed by atoms with van der Waals surface area (Å²) in [5.41, 5.74) is 9.87. The van der Waals surface area contributed by atoms with Crippen molar-refractivity contribution in [3.8, 4) is 11.1 Å². The summed E-state index contributed by atoms with van der Waals surface area (Å²) in [4.78, 5) is 0. The summed E-state index contributed by atoms with van der Waals surface area (Å²) >= 11 is 3.54. The van der Waals surface area contributed by atoms with E-state index in [2.05, 4.69) is 52.1 Å². The topological polar surface area (TPSA) is 54.7 Å². The molecule has 1 fully saturated rings. The van der Waals surface area contributed by atoms with Crippen LogP contribution in [0.15, 0.2) is 28.7 Å². The molecule has 2 aromatic rings. The molecule has 0 radical (unpaired) electrons. The van der Waals surface area contributed by atoms with E-state index in [4.69, 9.17) is 5.73 Å². The molecule has 0 saturated heterocycles. The molecular formula is C17H22BrN3. The zero-order valence-electron chi connectivity index (χ0n) is 12.6. The van der Waals surface area contributed by atoms with Crippen molar-refractivity contribution in [3.05, 3.63) is 34.4 Å². The maximum atomic E-state index is 6.16. The molecule has 4 heteroatoms. The third kappa shape index (κ3) is 2.73. The lowest BCUT2D eigenvalue weighted by molar-refractivity contribution is 0.196. The second-order valence-corrected chi connectivity index (χ2v) is 7.61. The van der Waals surface area contributed by atoms with E-state index in [0.29, 0.717) is 11.7 Å². The van der Waals surface area contributed by atoms with Crippen molar-refractivity contribution < 1.29 is 0 Å². The molecule has 3 rings (SSSR count). The molecule has 0 bridgehead atoms. The van der Waals surface area contributed by atoms with Gasteiger partial charge in [-0.05, 0) is 36.0 Å². The number of nitrogens with two attached hydrogens (primary N) is 1. The Morgan fingerprint density at radius 1 is 1.33 bits per heavy atom. The number of rotatable bonds is 2. The zero-order chi connectivity index (χ0) is 15.0. The van der Waals surface area contributed by atoms with Gasteiger partial charge in [0, 0.05) is 21.6 Å². The summed E-state index contributed by atoms with van der Waals surface area (Å²) < 4.78 is 1.06. The van der Waals surface area contributed by atoms with E-state index in [-0.39, 0.29) is 5.41 Å². The number of hydrogen-bond acceptors (Lipinski definition) is 2. The van der Waals surface area contributed by atoms with E-state index < -0.39 is 0 Å². The normalized spacial score (nSPS) is 21.4. The minimum absolute atomic E-state index is 0.290. The summed E-state index contributed by atoms with van der Waals surface area (Å²) in [5.74, 6) is 1.09. The van der Waals surface area contributed by atoms with Crippen molar-refractivity contribution in [1.82, 2.24) is 10.2 Å². The molecule has 112 valence electrons. The van der Waals surface area contributed by atoms with Crippen molar-refractivity contribution in [2.45, 2.75) is 45.4 Å². The summed E-state index contributed by atoms with van der Waals surface area (Å²) in [6.45, 7) is 4.72. The Morgan fingerprint density at radius 3 is 2.86 bits per heavy atom. The van der Waals surface area contributed by atoms with Gasteiger partial charge < -0.3 is 5.73 Å².